The Bertz CT molecular complexity index is 434. The molecule has 0 radical (unpaired) electrons. The Morgan fingerprint density at radius 1 is 1.65 bits per heavy atom. The molecular formula is C11H14N2O3S. The van der Waals surface area contributed by atoms with Crippen molar-refractivity contribution in [1.29, 1.82) is 0 Å². The lowest BCUT2D eigenvalue weighted by atomic mass is 9.96. The lowest BCUT2D eigenvalue weighted by Gasteiger charge is -2.19. The maximum Gasteiger partial charge on any atom is 0.349 e. The van der Waals surface area contributed by atoms with Crippen molar-refractivity contribution in [2.24, 2.45) is 0 Å². The SMILES string of the molecule is COC(=O)c1cnc(NC2CC3CCC2O3)s1. The van der Waals surface area contributed by atoms with Crippen LogP contribution in [0.25, 0.3) is 0 Å². The van der Waals surface area contributed by atoms with Gasteiger partial charge in [0.15, 0.2) is 5.13 Å². The molecule has 0 aromatic carbocycles. The van der Waals surface area contributed by atoms with E-state index >= 15 is 0 Å². The monoisotopic (exact) mass is 254 g/mol. The van der Waals surface area contributed by atoms with Gasteiger partial charge in [-0.25, -0.2) is 9.78 Å². The van der Waals surface area contributed by atoms with E-state index in [1.54, 1.807) is 6.20 Å². The van der Waals surface area contributed by atoms with Gasteiger partial charge in [0.1, 0.15) is 4.88 Å². The summed E-state index contributed by atoms with van der Waals surface area (Å²) in [6.07, 6.45) is 5.61. The molecular weight excluding hydrogens is 240 g/mol. The molecule has 3 rings (SSSR count). The van der Waals surface area contributed by atoms with Crippen LogP contribution in [0.4, 0.5) is 5.13 Å². The van der Waals surface area contributed by atoms with Crippen molar-refractivity contribution in [3.63, 3.8) is 0 Å². The van der Waals surface area contributed by atoms with Crippen molar-refractivity contribution in [3.8, 4) is 0 Å². The van der Waals surface area contributed by atoms with E-state index in [0.717, 1.165) is 18.0 Å². The molecule has 0 spiro atoms. The fraction of sp³-hybridized carbons (Fsp3) is 0.636. The fourth-order valence-corrected chi connectivity index (χ4v) is 3.28. The normalized spacial score (nSPS) is 30.5. The Labute approximate surface area is 103 Å². The summed E-state index contributed by atoms with van der Waals surface area (Å²) in [5.41, 5.74) is 0. The van der Waals surface area contributed by atoms with Gasteiger partial charge in [-0.05, 0) is 19.3 Å². The van der Waals surface area contributed by atoms with Crippen LogP contribution in [0.5, 0.6) is 0 Å². The maximum atomic E-state index is 11.3. The number of methoxy groups -OCH3 is 1. The fourth-order valence-electron chi connectivity index (χ4n) is 2.48. The standard InChI is InChI=1S/C11H14N2O3S/c1-15-10(14)9-5-12-11(17-9)13-7-4-6-2-3-8(7)16-6/h5-8H,2-4H2,1H3,(H,12,13). The zero-order valence-electron chi connectivity index (χ0n) is 9.51. The van der Waals surface area contributed by atoms with Crippen LogP contribution >= 0.6 is 11.3 Å². The summed E-state index contributed by atoms with van der Waals surface area (Å²) < 4.78 is 10.4. The molecule has 2 fully saturated rings. The van der Waals surface area contributed by atoms with Gasteiger partial charge in [0.25, 0.3) is 0 Å². The second kappa shape index (κ2) is 4.27. The molecule has 0 aliphatic carbocycles. The van der Waals surface area contributed by atoms with Gasteiger partial charge in [-0.2, -0.15) is 0 Å². The minimum atomic E-state index is -0.334. The first kappa shape index (κ1) is 11.0. The molecule has 3 heterocycles. The summed E-state index contributed by atoms with van der Waals surface area (Å²) in [7, 11) is 1.37. The molecule has 1 aromatic heterocycles. The Morgan fingerprint density at radius 2 is 2.53 bits per heavy atom. The van der Waals surface area contributed by atoms with Crippen LogP contribution in [-0.4, -0.2) is 36.3 Å². The van der Waals surface area contributed by atoms with Crippen LogP contribution in [0.2, 0.25) is 0 Å². The summed E-state index contributed by atoms with van der Waals surface area (Å²) in [6.45, 7) is 0. The maximum absolute atomic E-state index is 11.3. The summed E-state index contributed by atoms with van der Waals surface area (Å²) in [6, 6.07) is 0.338. The molecule has 0 amide bonds. The predicted octanol–water partition coefficient (Wildman–Crippen LogP) is 1.66. The van der Waals surface area contributed by atoms with Crippen molar-refractivity contribution in [2.75, 3.05) is 12.4 Å². The summed E-state index contributed by atoms with van der Waals surface area (Å²) in [4.78, 5) is 16.0. The van der Waals surface area contributed by atoms with Crippen LogP contribution in [0, 0.1) is 0 Å². The number of hydrogen-bond acceptors (Lipinski definition) is 6. The molecule has 2 aliphatic heterocycles. The Balaban J connectivity index is 1.65. The third kappa shape index (κ3) is 2.02. The number of anilines is 1. The number of ether oxygens (including phenoxy) is 2. The van der Waals surface area contributed by atoms with E-state index in [2.05, 4.69) is 15.0 Å². The molecule has 17 heavy (non-hydrogen) atoms. The molecule has 3 atom stereocenters. The van der Waals surface area contributed by atoms with Gasteiger partial charge in [0, 0.05) is 0 Å². The number of hydrogen-bond donors (Lipinski definition) is 1. The van der Waals surface area contributed by atoms with E-state index in [9.17, 15) is 4.79 Å². The van der Waals surface area contributed by atoms with Gasteiger partial charge in [-0.1, -0.05) is 11.3 Å². The van der Waals surface area contributed by atoms with Crippen LogP contribution < -0.4 is 5.32 Å². The number of thiazole rings is 1. The number of nitrogens with one attached hydrogen (secondary N) is 1. The van der Waals surface area contributed by atoms with E-state index in [-0.39, 0.29) is 5.97 Å². The Kier molecular flexibility index (Phi) is 2.76. The largest absolute Gasteiger partial charge is 0.465 e. The van der Waals surface area contributed by atoms with E-state index in [1.165, 1.54) is 24.9 Å². The first-order valence-corrected chi connectivity index (χ1v) is 6.54. The minimum Gasteiger partial charge on any atom is -0.465 e. The van der Waals surface area contributed by atoms with Crippen LogP contribution in [0.15, 0.2) is 6.20 Å². The lowest BCUT2D eigenvalue weighted by molar-refractivity contribution is 0.0606. The average molecular weight is 254 g/mol. The van der Waals surface area contributed by atoms with E-state index in [4.69, 9.17) is 4.74 Å². The molecule has 1 N–H and O–H groups in total. The van der Waals surface area contributed by atoms with Gasteiger partial charge in [0.2, 0.25) is 0 Å². The zero-order valence-corrected chi connectivity index (χ0v) is 10.3. The third-order valence-electron chi connectivity index (χ3n) is 3.31. The van der Waals surface area contributed by atoms with Crippen LogP contribution in [-0.2, 0) is 9.47 Å². The smallest absolute Gasteiger partial charge is 0.349 e. The highest BCUT2D eigenvalue weighted by Crippen LogP contribution is 2.36. The number of esters is 1. The van der Waals surface area contributed by atoms with Gasteiger partial charge >= 0.3 is 5.97 Å². The van der Waals surface area contributed by atoms with E-state index < -0.39 is 0 Å². The summed E-state index contributed by atoms with van der Waals surface area (Å²) in [5.74, 6) is -0.334. The molecule has 92 valence electrons. The second-order valence-corrected chi connectivity index (χ2v) is 5.41. The topological polar surface area (TPSA) is 60.5 Å². The predicted molar refractivity (Wildman–Crippen MR) is 63.4 cm³/mol. The highest BCUT2D eigenvalue weighted by Gasteiger charge is 2.41. The Hall–Kier alpha value is -1.14. The second-order valence-electron chi connectivity index (χ2n) is 4.38. The highest BCUT2D eigenvalue weighted by atomic mass is 32.1. The molecule has 1 aromatic rings. The lowest BCUT2D eigenvalue weighted by Crippen LogP contribution is -2.30. The number of rotatable bonds is 3. The van der Waals surface area contributed by atoms with E-state index in [0.29, 0.717) is 23.1 Å². The van der Waals surface area contributed by atoms with Crippen molar-refractivity contribution < 1.29 is 14.3 Å². The minimum absolute atomic E-state index is 0.311. The molecule has 0 saturated carbocycles. The number of nitrogens with zero attached hydrogens (tertiary/aromatic N) is 1. The van der Waals surface area contributed by atoms with Crippen molar-refractivity contribution in [2.45, 2.75) is 37.5 Å². The first-order chi connectivity index (χ1) is 8.26. The van der Waals surface area contributed by atoms with Crippen molar-refractivity contribution >= 4 is 22.4 Å². The third-order valence-corrected chi connectivity index (χ3v) is 4.22. The molecule has 2 bridgehead atoms. The Morgan fingerprint density at radius 3 is 3.18 bits per heavy atom. The summed E-state index contributed by atoms with van der Waals surface area (Å²) in [5, 5.41) is 4.12. The molecule has 6 heteroatoms. The van der Waals surface area contributed by atoms with Crippen molar-refractivity contribution in [1.82, 2.24) is 4.98 Å². The molecule has 2 aliphatic rings. The highest BCUT2D eigenvalue weighted by molar-refractivity contribution is 7.17. The summed E-state index contributed by atoms with van der Waals surface area (Å²) >= 11 is 1.33. The first-order valence-electron chi connectivity index (χ1n) is 5.72. The zero-order chi connectivity index (χ0) is 11.8. The number of aromatic nitrogens is 1. The number of fused-ring (bicyclic) bond motifs is 2. The van der Waals surface area contributed by atoms with E-state index in [1.807, 2.05) is 0 Å². The van der Waals surface area contributed by atoms with Gasteiger partial charge in [0.05, 0.1) is 31.6 Å². The average Bonchev–Trinajstić information content (AvgIpc) is 3.03. The van der Waals surface area contributed by atoms with Gasteiger partial charge < -0.3 is 14.8 Å². The number of carbonyl (C=O) groups is 1. The molecule has 3 unspecified atom stereocenters. The van der Waals surface area contributed by atoms with Crippen LogP contribution in [0.1, 0.15) is 28.9 Å². The van der Waals surface area contributed by atoms with Gasteiger partial charge in [-0.3, -0.25) is 0 Å². The quantitative estimate of drug-likeness (QED) is 0.831. The molecule has 5 nitrogen and oxygen atoms in total. The van der Waals surface area contributed by atoms with Gasteiger partial charge in [-0.15, -0.1) is 0 Å². The van der Waals surface area contributed by atoms with Crippen molar-refractivity contribution in [3.05, 3.63) is 11.1 Å². The number of carbonyl (C=O) groups excluding carboxylic acids is 1. The van der Waals surface area contributed by atoms with Crippen LogP contribution in [0.3, 0.4) is 0 Å². The molecule has 2 saturated heterocycles.